The summed E-state index contributed by atoms with van der Waals surface area (Å²) >= 11 is 0. The molecule has 2 N–H and O–H groups in total. The lowest BCUT2D eigenvalue weighted by atomic mass is 9.95. The molecular weight excluding hydrogens is 350 g/mol. The molecule has 0 radical (unpaired) electrons. The van der Waals surface area contributed by atoms with Crippen LogP contribution < -0.4 is 10.6 Å². The van der Waals surface area contributed by atoms with E-state index in [1.807, 2.05) is 59.1 Å². The van der Waals surface area contributed by atoms with Crippen LogP contribution in [0, 0.1) is 0 Å². The van der Waals surface area contributed by atoms with E-state index in [1.165, 1.54) is 13.3 Å². The first kappa shape index (κ1) is 18.3. The van der Waals surface area contributed by atoms with Gasteiger partial charge in [-0.25, -0.2) is 0 Å². The van der Waals surface area contributed by atoms with Gasteiger partial charge in [0.05, 0.1) is 16.6 Å². The second-order valence-electron chi connectivity index (χ2n) is 7.41. The number of rotatable bonds is 5. The van der Waals surface area contributed by atoms with Crippen LogP contribution in [0.1, 0.15) is 59.7 Å². The molecule has 5 heteroatoms. The third kappa shape index (κ3) is 3.52. The van der Waals surface area contributed by atoms with E-state index < -0.39 is 0 Å². The summed E-state index contributed by atoms with van der Waals surface area (Å²) in [5.41, 5.74) is 2.49. The van der Waals surface area contributed by atoms with E-state index in [-0.39, 0.29) is 17.7 Å². The van der Waals surface area contributed by atoms with Gasteiger partial charge < -0.3 is 15.0 Å². The summed E-state index contributed by atoms with van der Waals surface area (Å²) < 4.78 is 1.89. The van der Waals surface area contributed by atoms with Gasteiger partial charge in [0.2, 0.25) is 0 Å². The van der Waals surface area contributed by atoms with Crippen LogP contribution in [0.15, 0.2) is 54.7 Å². The van der Waals surface area contributed by atoms with E-state index in [9.17, 15) is 9.59 Å². The van der Waals surface area contributed by atoms with Crippen molar-refractivity contribution in [1.82, 2.24) is 9.72 Å². The van der Waals surface area contributed by atoms with E-state index >= 15 is 0 Å². The fraction of sp³-hybridized carbons (Fsp3) is 0.304. The van der Waals surface area contributed by atoms with Gasteiger partial charge >= 0.3 is 0 Å². The number of para-hydroxylation sites is 1. The van der Waals surface area contributed by atoms with Crippen molar-refractivity contribution < 1.29 is 9.59 Å². The number of fused-ring (bicyclic) bond motifs is 1. The monoisotopic (exact) mass is 375 g/mol. The lowest BCUT2D eigenvalue weighted by Gasteiger charge is -2.22. The van der Waals surface area contributed by atoms with Crippen LogP contribution in [0.25, 0.3) is 5.52 Å². The van der Waals surface area contributed by atoms with Crippen LogP contribution in [-0.4, -0.2) is 22.1 Å². The molecule has 28 heavy (non-hydrogen) atoms. The molecule has 5 nitrogen and oxygen atoms in total. The molecule has 0 atom stereocenters. The first-order valence-electron chi connectivity index (χ1n) is 9.92. The van der Waals surface area contributed by atoms with E-state index in [1.54, 1.807) is 0 Å². The predicted molar refractivity (Wildman–Crippen MR) is 111 cm³/mol. The summed E-state index contributed by atoms with van der Waals surface area (Å²) in [6, 6.07) is 15.5. The molecule has 0 spiro atoms. The highest BCUT2D eigenvalue weighted by molar-refractivity contribution is 6.15. The maximum Gasteiger partial charge on any atom is 0.254 e. The highest BCUT2D eigenvalue weighted by atomic mass is 16.2. The minimum absolute atomic E-state index is 0.129. The highest BCUT2D eigenvalue weighted by Crippen LogP contribution is 2.31. The van der Waals surface area contributed by atoms with Crippen molar-refractivity contribution in [3.8, 4) is 0 Å². The second kappa shape index (κ2) is 7.89. The van der Waals surface area contributed by atoms with Gasteiger partial charge in [0.25, 0.3) is 5.91 Å². The number of nitrogens with zero attached hydrogens (tertiary/aromatic N) is 1. The van der Waals surface area contributed by atoms with Crippen molar-refractivity contribution >= 4 is 28.7 Å². The van der Waals surface area contributed by atoms with Gasteiger partial charge in [-0.1, -0.05) is 43.5 Å². The van der Waals surface area contributed by atoms with Crippen LogP contribution in [0.3, 0.4) is 0 Å². The summed E-state index contributed by atoms with van der Waals surface area (Å²) in [6.45, 7) is 1.52. The van der Waals surface area contributed by atoms with Gasteiger partial charge in [0.15, 0.2) is 5.78 Å². The first-order valence-corrected chi connectivity index (χ1v) is 9.92. The molecule has 4 rings (SSSR count). The number of Topliss-reactive ketones (excluding diaryl/α,β-unsaturated/α-hetero) is 1. The van der Waals surface area contributed by atoms with Gasteiger partial charge in [-0.05, 0) is 44.0 Å². The minimum Gasteiger partial charge on any atom is -0.349 e. The fourth-order valence-corrected chi connectivity index (χ4v) is 4.07. The number of anilines is 2. The average molecular weight is 375 g/mol. The quantitative estimate of drug-likeness (QED) is 0.620. The lowest BCUT2D eigenvalue weighted by molar-refractivity contribution is 0.0918. The molecule has 1 aromatic carbocycles. The second-order valence-corrected chi connectivity index (χ2v) is 7.41. The molecule has 2 heterocycles. The zero-order valence-electron chi connectivity index (χ0n) is 16.1. The number of aromatic nitrogens is 1. The predicted octanol–water partition coefficient (Wildman–Crippen LogP) is 4.95. The van der Waals surface area contributed by atoms with E-state index in [4.69, 9.17) is 0 Å². The van der Waals surface area contributed by atoms with Gasteiger partial charge in [0.1, 0.15) is 5.82 Å². The van der Waals surface area contributed by atoms with Crippen molar-refractivity contribution in [2.45, 2.75) is 45.1 Å². The number of benzene rings is 1. The van der Waals surface area contributed by atoms with Crippen LogP contribution in [0.5, 0.6) is 0 Å². The number of ketones is 1. The summed E-state index contributed by atoms with van der Waals surface area (Å²) in [6.07, 6.45) is 7.39. The summed E-state index contributed by atoms with van der Waals surface area (Å²) in [7, 11) is 0. The first-order chi connectivity index (χ1) is 13.6. The molecule has 1 saturated carbocycles. The Labute approximate surface area is 164 Å². The fourth-order valence-electron chi connectivity index (χ4n) is 4.07. The number of hydrogen-bond donors (Lipinski definition) is 2. The third-order valence-corrected chi connectivity index (χ3v) is 5.40. The van der Waals surface area contributed by atoms with Gasteiger partial charge in [-0.3, -0.25) is 9.59 Å². The lowest BCUT2D eigenvalue weighted by Crippen LogP contribution is -2.36. The maximum atomic E-state index is 13.2. The minimum atomic E-state index is -0.165. The number of pyridine rings is 1. The standard InChI is InChI=1S/C23H25N3O2/c1-16(27)20-21(23(28)25-18-12-6-3-7-13-18)19-14-8-9-15-26(19)22(20)24-17-10-4-2-5-11-17/h2,4-5,8-11,14-15,18,24H,3,6-7,12-13H2,1H3,(H,25,28). The maximum absolute atomic E-state index is 13.2. The molecule has 0 unspecified atom stereocenters. The van der Waals surface area contributed by atoms with Crippen LogP contribution >= 0.6 is 0 Å². The summed E-state index contributed by atoms with van der Waals surface area (Å²) in [5, 5.41) is 6.51. The number of nitrogens with one attached hydrogen (secondary N) is 2. The molecule has 0 saturated heterocycles. The molecular formula is C23H25N3O2. The molecule has 0 aliphatic heterocycles. The van der Waals surface area contributed by atoms with E-state index in [2.05, 4.69) is 10.6 Å². The van der Waals surface area contributed by atoms with Crippen LogP contribution in [-0.2, 0) is 0 Å². The molecule has 3 aromatic rings. The topological polar surface area (TPSA) is 62.6 Å². The van der Waals surface area contributed by atoms with E-state index in [0.717, 1.165) is 36.9 Å². The number of hydrogen-bond acceptors (Lipinski definition) is 3. The number of carbonyl (C=O) groups is 2. The van der Waals surface area contributed by atoms with Gasteiger partial charge in [0, 0.05) is 17.9 Å². The molecule has 1 amide bonds. The third-order valence-electron chi connectivity index (χ3n) is 5.40. The van der Waals surface area contributed by atoms with E-state index in [0.29, 0.717) is 16.9 Å². The van der Waals surface area contributed by atoms with Crippen molar-refractivity contribution in [3.63, 3.8) is 0 Å². The zero-order valence-corrected chi connectivity index (χ0v) is 16.1. The summed E-state index contributed by atoms with van der Waals surface area (Å²) in [5.74, 6) is 0.334. The zero-order chi connectivity index (χ0) is 19.5. The van der Waals surface area contributed by atoms with Crippen molar-refractivity contribution in [1.29, 1.82) is 0 Å². The molecule has 1 fully saturated rings. The van der Waals surface area contributed by atoms with Gasteiger partial charge in [-0.15, -0.1) is 0 Å². The Balaban J connectivity index is 1.80. The summed E-state index contributed by atoms with van der Waals surface area (Å²) in [4.78, 5) is 25.8. The van der Waals surface area contributed by atoms with Crippen molar-refractivity contribution in [2.75, 3.05) is 5.32 Å². The normalized spacial score (nSPS) is 14.8. The Morgan fingerprint density at radius 3 is 2.36 bits per heavy atom. The largest absolute Gasteiger partial charge is 0.349 e. The van der Waals surface area contributed by atoms with Gasteiger partial charge in [-0.2, -0.15) is 0 Å². The molecule has 1 aliphatic rings. The van der Waals surface area contributed by atoms with Crippen molar-refractivity contribution in [2.24, 2.45) is 0 Å². The Bertz CT molecular complexity index is 1000. The number of carbonyl (C=O) groups excluding carboxylic acids is 2. The molecule has 144 valence electrons. The number of amides is 1. The van der Waals surface area contributed by atoms with Crippen LogP contribution in [0.4, 0.5) is 11.5 Å². The molecule has 2 aromatic heterocycles. The van der Waals surface area contributed by atoms with Crippen LogP contribution in [0.2, 0.25) is 0 Å². The Morgan fingerprint density at radius 2 is 1.64 bits per heavy atom. The average Bonchev–Trinajstić information content (AvgIpc) is 3.04. The Hall–Kier alpha value is -3.08. The molecule has 0 bridgehead atoms. The molecule has 1 aliphatic carbocycles. The highest BCUT2D eigenvalue weighted by Gasteiger charge is 2.27. The van der Waals surface area contributed by atoms with Crippen molar-refractivity contribution in [3.05, 3.63) is 65.9 Å². The Kier molecular flexibility index (Phi) is 5.15. The smallest absolute Gasteiger partial charge is 0.254 e. The Morgan fingerprint density at radius 1 is 0.929 bits per heavy atom. The SMILES string of the molecule is CC(=O)c1c(C(=O)NC2CCCCC2)c2ccccn2c1Nc1ccccc1.